The first-order valence-electron chi connectivity index (χ1n) is 6.67. The number of rotatable bonds is 4. The van der Waals surface area contributed by atoms with Crippen LogP contribution >= 0.6 is 11.8 Å². The maximum Gasteiger partial charge on any atom is 0.240 e. The van der Waals surface area contributed by atoms with Gasteiger partial charge in [0.05, 0.1) is 12.1 Å². The van der Waals surface area contributed by atoms with Crippen LogP contribution in [0.5, 0.6) is 0 Å². The van der Waals surface area contributed by atoms with Gasteiger partial charge in [-0.1, -0.05) is 13.8 Å². The number of nitrogens with one attached hydrogen (secondary N) is 1. The van der Waals surface area contributed by atoms with Crippen LogP contribution in [-0.2, 0) is 9.53 Å². The molecule has 1 aliphatic heterocycles. The molecule has 18 heavy (non-hydrogen) atoms. The molecule has 2 fully saturated rings. The van der Waals surface area contributed by atoms with Crippen LogP contribution in [0, 0.1) is 5.41 Å². The molecule has 104 valence electrons. The van der Waals surface area contributed by atoms with Gasteiger partial charge in [-0.2, -0.15) is 0 Å². The van der Waals surface area contributed by atoms with Crippen LogP contribution < -0.4 is 5.32 Å². The maximum absolute atomic E-state index is 12.3. The topological polar surface area (TPSA) is 41.6 Å². The lowest BCUT2D eigenvalue weighted by Crippen LogP contribution is -2.64. The Bertz CT molecular complexity index is 316. The summed E-state index contributed by atoms with van der Waals surface area (Å²) in [5, 5.41) is 3.24. The lowest BCUT2D eigenvalue weighted by molar-refractivity contribution is -0.164. The molecule has 0 aromatic heterocycles. The Kier molecular flexibility index (Phi) is 4.24. The SMILES string of the molecule is CCOC1CC(N(C)C(=O)C2CSCN2)C1(C)C. The standard InChI is InChI=1S/C13H24N2O2S/c1-5-17-11-6-10(13(11,2)3)15(4)12(16)9-7-18-8-14-9/h9-11,14H,5-8H2,1-4H3. The molecule has 3 atom stereocenters. The van der Waals surface area contributed by atoms with E-state index >= 15 is 0 Å². The number of likely N-dealkylation sites (N-methyl/N-ethyl adjacent to an activating group) is 1. The number of thioether (sulfide) groups is 1. The van der Waals surface area contributed by atoms with Gasteiger partial charge >= 0.3 is 0 Å². The third-order valence-electron chi connectivity index (χ3n) is 4.32. The van der Waals surface area contributed by atoms with Gasteiger partial charge in [-0.25, -0.2) is 0 Å². The highest BCUT2D eigenvalue weighted by molar-refractivity contribution is 7.99. The summed E-state index contributed by atoms with van der Waals surface area (Å²) in [4.78, 5) is 14.3. The Morgan fingerprint density at radius 2 is 2.28 bits per heavy atom. The predicted octanol–water partition coefficient (Wildman–Crippen LogP) is 1.31. The van der Waals surface area contributed by atoms with E-state index in [0.29, 0.717) is 6.04 Å². The Morgan fingerprint density at radius 1 is 1.56 bits per heavy atom. The molecule has 1 N–H and O–H groups in total. The number of hydrogen-bond acceptors (Lipinski definition) is 4. The van der Waals surface area contributed by atoms with Gasteiger partial charge in [-0.15, -0.1) is 11.8 Å². The smallest absolute Gasteiger partial charge is 0.240 e. The molecule has 2 rings (SSSR count). The summed E-state index contributed by atoms with van der Waals surface area (Å²) in [6.07, 6.45) is 1.25. The second-order valence-corrected chi connectivity index (χ2v) is 6.77. The summed E-state index contributed by atoms with van der Waals surface area (Å²) >= 11 is 1.79. The van der Waals surface area contributed by atoms with E-state index < -0.39 is 0 Å². The molecule has 0 aromatic rings. The van der Waals surface area contributed by atoms with Gasteiger partial charge in [0, 0.05) is 36.7 Å². The summed E-state index contributed by atoms with van der Waals surface area (Å²) in [6.45, 7) is 7.17. The van der Waals surface area contributed by atoms with E-state index in [4.69, 9.17) is 4.74 Å². The van der Waals surface area contributed by atoms with Crippen LogP contribution in [0.25, 0.3) is 0 Å². The summed E-state index contributed by atoms with van der Waals surface area (Å²) in [6, 6.07) is 0.302. The monoisotopic (exact) mass is 272 g/mol. The third-order valence-corrected chi connectivity index (χ3v) is 5.26. The molecule has 1 saturated carbocycles. The highest BCUT2D eigenvalue weighted by Crippen LogP contribution is 2.45. The van der Waals surface area contributed by atoms with E-state index in [1.54, 1.807) is 11.8 Å². The van der Waals surface area contributed by atoms with E-state index in [2.05, 4.69) is 19.2 Å². The van der Waals surface area contributed by atoms with E-state index in [1.807, 2.05) is 18.9 Å². The van der Waals surface area contributed by atoms with Crippen LogP contribution in [0.3, 0.4) is 0 Å². The molecule has 1 saturated heterocycles. The van der Waals surface area contributed by atoms with Crippen LogP contribution in [0.4, 0.5) is 0 Å². The fraction of sp³-hybridized carbons (Fsp3) is 0.923. The van der Waals surface area contributed by atoms with E-state index in [9.17, 15) is 4.79 Å². The molecule has 3 unspecified atom stereocenters. The van der Waals surface area contributed by atoms with E-state index in [1.165, 1.54) is 0 Å². The number of carbonyl (C=O) groups excluding carboxylic acids is 1. The summed E-state index contributed by atoms with van der Waals surface area (Å²) in [5.41, 5.74) is 0.0617. The van der Waals surface area contributed by atoms with Gasteiger partial charge < -0.3 is 9.64 Å². The van der Waals surface area contributed by atoms with Gasteiger partial charge in [0.2, 0.25) is 5.91 Å². The molecule has 0 aromatic carbocycles. The number of ether oxygens (including phenoxy) is 1. The minimum atomic E-state index is 0.00180. The average molecular weight is 272 g/mol. The Labute approximate surface area is 114 Å². The van der Waals surface area contributed by atoms with Gasteiger partial charge in [0.25, 0.3) is 0 Å². The molecular weight excluding hydrogens is 248 g/mol. The predicted molar refractivity (Wildman–Crippen MR) is 74.6 cm³/mol. The zero-order valence-electron chi connectivity index (χ0n) is 11.7. The highest BCUT2D eigenvalue weighted by Gasteiger charge is 2.52. The Hall–Kier alpha value is -0.260. The van der Waals surface area contributed by atoms with Crippen molar-refractivity contribution in [3.05, 3.63) is 0 Å². The molecule has 2 aliphatic rings. The highest BCUT2D eigenvalue weighted by atomic mass is 32.2. The normalized spacial score (nSPS) is 34.1. The molecule has 4 nitrogen and oxygen atoms in total. The van der Waals surface area contributed by atoms with Crippen molar-refractivity contribution in [2.75, 3.05) is 25.3 Å². The minimum Gasteiger partial charge on any atom is -0.378 e. The number of carbonyl (C=O) groups is 1. The largest absolute Gasteiger partial charge is 0.378 e. The number of hydrogen-bond donors (Lipinski definition) is 1. The van der Waals surface area contributed by atoms with Crippen LogP contribution in [0.15, 0.2) is 0 Å². The number of amides is 1. The van der Waals surface area contributed by atoms with Crippen LogP contribution in [0.2, 0.25) is 0 Å². The van der Waals surface area contributed by atoms with Crippen molar-refractivity contribution in [1.82, 2.24) is 10.2 Å². The van der Waals surface area contributed by atoms with Gasteiger partial charge in [0.1, 0.15) is 0 Å². The zero-order valence-corrected chi connectivity index (χ0v) is 12.5. The second-order valence-electron chi connectivity index (χ2n) is 5.74. The van der Waals surface area contributed by atoms with Gasteiger partial charge in [0.15, 0.2) is 0 Å². The third kappa shape index (κ3) is 2.40. The first-order chi connectivity index (χ1) is 8.48. The fourth-order valence-corrected chi connectivity index (χ4v) is 3.89. The summed E-state index contributed by atoms with van der Waals surface area (Å²) in [7, 11) is 1.93. The lowest BCUT2D eigenvalue weighted by Gasteiger charge is -2.55. The summed E-state index contributed by atoms with van der Waals surface area (Å²) in [5.74, 6) is 2.01. The van der Waals surface area contributed by atoms with Crippen molar-refractivity contribution in [2.45, 2.75) is 45.4 Å². The van der Waals surface area contributed by atoms with Crippen molar-refractivity contribution in [3.8, 4) is 0 Å². The van der Waals surface area contributed by atoms with Crippen molar-refractivity contribution in [3.63, 3.8) is 0 Å². The lowest BCUT2D eigenvalue weighted by atomic mass is 9.63. The second kappa shape index (κ2) is 5.39. The molecule has 1 heterocycles. The first kappa shape index (κ1) is 14.2. The van der Waals surface area contributed by atoms with Crippen LogP contribution in [0.1, 0.15) is 27.2 Å². The van der Waals surface area contributed by atoms with Gasteiger partial charge in [-0.05, 0) is 13.3 Å². The molecule has 0 radical (unpaired) electrons. The summed E-state index contributed by atoms with van der Waals surface area (Å²) < 4.78 is 5.72. The van der Waals surface area contributed by atoms with Gasteiger partial charge in [-0.3, -0.25) is 10.1 Å². The van der Waals surface area contributed by atoms with E-state index in [-0.39, 0.29) is 23.5 Å². The number of nitrogens with zero attached hydrogens (tertiary/aromatic N) is 1. The van der Waals surface area contributed by atoms with Crippen LogP contribution in [-0.4, -0.2) is 54.3 Å². The van der Waals surface area contributed by atoms with Crippen molar-refractivity contribution < 1.29 is 9.53 Å². The van der Waals surface area contributed by atoms with E-state index in [0.717, 1.165) is 24.7 Å². The molecule has 1 aliphatic carbocycles. The molecule has 0 bridgehead atoms. The average Bonchev–Trinajstić information content (AvgIpc) is 2.86. The molecule has 1 amide bonds. The molecule has 5 heteroatoms. The molecule has 0 spiro atoms. The van der Waals surface area contributed by atoms with Crippen molar-refractivity contribution >= 4 is 17.7 Å². The quantitative estimate of drug-likeness (QED) is 0.838. The Morgan fingerprint density at radius 3 is 2.78 bits per heavy atom. The Balaban J connectivity index is 1.94. The maximum atomic E-state index is 12.3. The minimum absolute atomic E-state index is 0.00180. The fourth-order valence-electron chi connectivity index (χ4n) is 2.96. The van der Waals surface area contributed by atoms with Crippen molar-refractivity contribution in [2.24, 2.45) is 5.41 Å². The first-order valence-corrected chi connectivity index (χ1v) is 7.83. The molecular formula is C13H24N2O2S. The zero-order chi connectivity index (χ0) is 13.3. The van der Waals surface area contributed by atoms with Crippen molar-refractivity contribution in [1.29, 1.82) is 0 Å².